The van der Waals surface area contributed by atoms with Crippen molar-refractivity contribution in [3.05, 3.63) is 35.1 Å². The van der Waals surface area contributed by atoms with Gasteiger partial charge in [-0.05, 0) is 43.5 Å². The summed E-state index contributed by atoms with van der Waals surface area (Å²) < 4.78 is 18.8. The first-order valence-corrected chi connectivity index (χ1v) is 7.87. The molecule has 118 valence electrons. The Morgan fingerprint density at radius 1 is 1.41 bits per heavy atom. The molecular weight excluding hydrogens is 283 g/mol. The molecule has 2 heterocycles. The maximum absolute atomic E-state index is 13.3. The molecule has 0 unspecified atom stereocenters. The molecular formula is C17H21FN2O2. The minimum absolute atomic E-state index is 0.127. The SMILES string of the molecule is N#Cc1cc(F)ccc1CN1CCC[C@@H]1[C@@H]1COCC[C@H]1O. The zero-order valence-corrected chi connectivity index (χ0v) is 12.5. The molecule has 4 nitrogen and oxygen atoms in total. The first-order chi connectivity index (χ1) is 10.7. The number of nitriles is 1. The summed E-state index contributed by atoms with van der Waals surface area (Å²) in [5.74, 6) is -0.253. The van der Waals surface area contributed by atoms with Crippen LogP contribution in [0.2, 0.25) is 0 Å². The highest BCUT2D eigenvalue weighted by Gasteiger charge is 2.37. The second kappa shape index (κ2) is 6.74. The van der Waals surface area contributed by atoms with Crippen LogP contribution in [0.3, 0.4) is 0 Å². The Labute approximate surface area is 130 Å². The van der Waals surface area contributed by atoms with Gasteiger partial charge in [0.25, 0.3) is 0 Å². The normalized spacial score (nSPS) is 29.4. The van der Waals surface area contributed by atoms with E-state index >= 15 is 0 Å². The molecule has 0 aromatic heterocycles. The molecule has 1 aromatic carbocycles. The Morgan fingerprint density at radius 2 is 2.27 bits per heavy atom. The molecule has 0 spiro atoms. The van der Waals surface area contributed by atoms with Crippen LogP contribution in [0.4, 0.5) is 4.39 Å². The molecule has 1 aromatic rings. The van der Waals surface area contributed by atoms with Crippen LogP contribution in [0.1, 0.15) is 30.4 Å². The largest absolute Gasteiger partial charge is 0.393 e. The predicted molar refractivity (Wildman–Crippen MR) is 79.5 cm³/mol. The lowest BCUT2D eigenvalue weighted by molar-refractivity contribution is -0.0636. The number of hydrogen-bond donors (Lipinski definition) is 1. The van der Waals surface area contributed by atoms with Crippen molar-refractivity contribution < 1.29 is 14.2 Å². The van der Waals surface area contributed by atoms with Gasteiger partial charge in [-0.3, -0.25) is 4.90 Å². The molecule has 2 fully saturated rings. The number of nitrogens with zero attached hydrogens (tertiary/aromatic N) is 2. The second-order valence-electron chi connectivity index (χ2n) is 6.19. The molecule has 5 heteroatoms. The number of hydrogen-bond acceptors (Lipinski definition) is 4. The van der Waals surface area contributed by atoms with Crippen LogP contribution in [0.25, 0.3) is 0 Å². The summed E-state index contributed by atoms with van der Waals surface area (Å²) in [6.07, 6.45) is 2.49. The van der Waals surface area contributed by atoms with E-state index in [1.807, 2.05) is 0 Å². The number of aliphatic hydroxyl groups is 1. The molecule has 0 radical (unpaired) electrons. The average molecular weight is 304 g/mol. The zero-order chi connectivity index (χ0) is 15.5. The van der Waals surface area contributed by atoms with E-state index in [0.29, 0.717) is 31.7 Å². The number of aliphatic hydroxyl groups excluding tert-OH is 1. The fourth-order valence-electron chi connectivity index (χ4n) is 3.66. The van der Waals surface area contributed by atoms with Crippen LogP contribution in [-0.4, -0.2) is 41.9 Å². The van der Waals surface area contributed by atoms with Crippen LogP contribution < -0.4 is 0 Å². The third kappa shape index (κ3) is 3.14. The summed E-state index contributed by atoms with van der Waals surface area (Å²) in [5.41, 5.74) is 1.24. The lowest BCUT2D eigenvalue weighted by atomic mass is 9.89. The average Bonchev–Trinajstić information content (AvgIpc) is 2.97. The van der Waals surface area contributed by atoms with E-state index in [1.54, 1.807) is 6.07 Å². The monoisotopic (exact) mass is 304 g/mol. The van der Waals surface area contributed by atoms with Crippen LogP contribution in [0.15, 0.2) is 18.2 Å². The van der Waals surface area contributed by atoms with Gasteiger partial charge in [-0.15, -0.1) is 0 Å². The second-order valence-corrected chi connectivity index (χ2v) is 6.19. The maximum atomic E-state index is 13.3. The Kier molecular flexibility index (Phi) is 4.72. The summed E-state index contributed by atoms with van der Waals surface area (Å²) >= 11 is 0. The molecule has 1 N–H and O–H groups in total. The summed E-state index contributed by atoms with van der Waals surface area (Å²) in [5, 5.41) is 19.4. The first kappa shape index (κ1) is 15.4. The van der Waals surface area contributed by atoms with E-state index in [-0.39, 0.29) is 23.9 Å². The van der Waals surface area contributed by atoms with Gasteiger partial charge in [0, 0.05) is 25.1 Å². The molecule has 3 atom stereocenters. The summed E-state index contributed by atoms with van der Waals surface area (Å²) in [7, 11) is 0. The van der Waals surface area contributed by atoms with E-state index in [1.165, 1.54) is 12.1 Å². The molecule has 0 bridgehead atoms. The maximum Gasteiger partial charge on any atom is 0.124 e. The van der Waals surface area contributed by atoms with Crippen LogP contribution in [-0.2, 0) is 11.3 Å². The molecule has 0 saturated carbocycles. The Morgan fingerprint density at radius 3 is 3.05 bits per heavy atom. The highest BCUT2D eigenvalue weighted by atomic mass is 19.1. The minimum Gasteiger partial charge on any atom is -0.393 e. The van der Waals surface area contributed by atoms with Gasteiger partial charge in [0.05, 0.1) is 24.3 Å². The summed E-state index contributed by atoms with van der Waals surface area (Å²) in [6, 6.07) is 6.73. The fourth-order valence-corrected chi connectivity index (χ4v) is 3.66. The smallest absolute Gasteiger partial charge is 0.124 e. The van der Waals surface area contributed by atoms with Gasteiger partial charge in [0.1, 0.15) is 5.82 Å². The van der Waals surface area contributed by atoms with Gasteiger partial charge in [0.15, 0.2) is 0 Å². The van der Waals surface area contributed by atoms with Crippen molar-refractivity contribution in [2.45, 2.75) is 38.0 Å². The Hall–Kier alpha value is -1.48. The summed E-state index contributed by atoms with van der Waals surface area (Å²) in [6.45, 7) is 2.78. The van der Waals surface area contributed by atoms with Gasteiger partial charge < -0.3 is 9.84 Å². The molecule has 22 heavy (non-hydrogen) atoms. The van der Waals surface area contributed by atoms with Crippen molar-refractivity contribution in [2.24, 2.45) is 5.92 Å². The summed E-state index contributed by atoms with van der Waals surface area (Å²) in [4.78, 5) is 2.30. The van der Waals surface area contributed by atoms with Crippen LogP contribution in [0, 0.1) is 23.1 Å². The fraction of sp³-hybridized carbons (Fsp3) is 0.588. The standard InChI is InChI=1S/C17H21FN2O2/c18-14-4-3-12(13(8-14)9-19)10-20-6-1-2-16(20)15-11-22-7-5-17(15)21/h3-4,8,15-17,21H,1-2,5-7,10-11H2/t15-,16+,17+/m0/s1. The predicted octanol–water partition coefficient (Wildman–Crippen LogP) is 2.06. The van der Waals surface area contributed by atoms with Crippen molar-refractivity contribution in [3.8, 4) is 6.07 Å². The van der Waals surface area contributed by atoms with Gasteiger partial charge in [-0.2, -0.15) is 5.26 Å². The molecule has 0 amide bonds. The molecule has 2 aliphatic heterocycles. The number of likely N-dealkylation sites (tertiary alicyclic amines) is 1. The topological polar surface area (TPSA) is 56.5 Å². The van der Waals surface area contributed by atoms with Crippen molar-refractivity contribution in [1.29, 1.82) is 5.26 Å². The number of benzene rings is 1. The van der Waals surface area contributed by atoms with E-state index in [0.717, 1.165) is 24.9 Å². The van der Waals surface area contributed by atoms with Gasteiger partial charge in [-0.1, -0.05) is 6.07 Å². The zero-order valence-electron chi connectivity index (χ0n) is 12.5. The van der Waals surface area contributed by atoms with Crippen LogP contribution in [0.5, 0.6) is 0 Å². The van der Waals surface area contributed by atoms with E-state index in [9.17, 15) is 14.8 Å². The van der Waals surface area contributed by atoms with Crippen molar-refractivity contribution in [3.63, 3.8) is 0 Å². The molecule has 2 saturated heterocycles. The molecule has 2 aliphatic rings. The highest BCUT2D eigenvalue weighted by Crippen LogP contribution is 2.31. The van der Waals surface area contributed by atoms with E-state index in [4.69, 9.17) is 4.74 Å². The Balaban J connectivity index is 1.75. The van der Waals surface area contributed by atoms with Crippen molar-refractivity contribution in [2.75, 3.05) is 19.8 Å². The van der Waals surface area contributed by atoms with Crippen molar-refractivity contribution >= 4 is 0 Å². The number of rotatable bonds is 3. The van der Waals surface area contributed by atoms with Crippen LogP contribution >= 0.6 is 0 Å². The van der Waals surface area contributed by atoms with Gasteiger partial charge >= 0.3 is 0 Å². The molecule has 3 rings (SSSR count). The third-order valence-electron chi connectivity index (χ3n) is 4.84. The quantitative estimate of drug-likeness (QED) is 0.928. The van der Waals surface area contributed by atoms with Gasteiger partial charge in [0.2, 0.25) is 0 Å². The third-order valence-corrected chi connectivity index (χ3v) is 4.84. The first-order valence-electron chi connectivity index (χ1n) is 7.87. The lowest BCUT2D eigenvalue weighted by Gasteiger charge is -2.37. The highest BCUT2D eigenvalue weighted by molar-refractivity contribution is 5.38. The van der Waals surface area contributed by atoms with Gasteiger partial charge in [-0.25, -0.2) is 4.39 Å². The van der Waals surface area contributed by atoms with E-state index in [2.05, 4.69) is 11.0 Å². The van der Waals surface area contributed by atoms with E-state index < -0.39 is 0 Å². The number of ether oxygens (including phenoxy) is 1. The Bertz CT molecular complexity index is 572. The van der Waals surface area contributed by atoms with Crippen molar-refractivity contribution in [1.82, 2.24) is 4.90 Å². The minimum atomic E-state index is -0.380. The molecule has 0 aliphatic carbocycles. The number of halogens is 1. The lowest BCUT2D eigenvalue weighted by Crippen LogP contribution is -2.45.